The van der Waals surface area contributed by atoms with Crippen LogP contribution >= 0.6 is 23.2 Å². The molecule has 1 heterocycles. The Kier molecular flexibility index (Phi) is 7.78. The number of esters is 1. The zero-order chi connectivity index (χ0) is 25.2. The van der Waals surface area contributed by atoms with Gasteiger partial charge in [-0.3, -0.25) is 4.99 Å². The molecule has 0 saturated heterocycles. The quantitative estimate of drug-likeness (QED) is 0.365. The maximum Gasteiger partial charge on any atom is 0.337 e. The van der Waals surface area contributed by atoms with Crippen molar-refractivity contribution in [2.24, 2.45) is 22.2 Å². The largest absolute Gasteiger partial charge is 0.465 e. The van der Waals surface area contributed by atoms with Crippen molar-refractivity contribution in [3.63, 3.8) is 0 Å². The van der Waals surface area contributed by atoms with E-state index in [1.54, 1.807) is 6.07 Å². The summed E-state index contributed by atoms with van der Waals surface area (Å²) in [5.74, 6) is 1.06. The van der Waals surface area contributed by atoms with Gasteiger partial charge < -0.3 is 4.74 Å². The molecule has 2 aromatic carbocycles. The van der Waals surface area contributed by atoms with Gasteiger partial charge in [-0.25, -0.2) is 4.79 Å². The third-order valence-electron chi connectivity index (χ3n) is 7.89. The van der Waals surface area contributed by atoms with Crippen molar-refractivity contribution in [3.8, 4) is 0 Å². The van der Waals surface area contributed by atoms with Gasteiger partial charge in [0, 0.05) is 28.6 Å². The standard InChI is InChI=1S/C30H35Cl2NO2/c1-29(2,3)24-12-10-22(11-13-24)27(21-6-8-23(9-7-21)28(34)35-4)30(14-5-15-33-30)19-20-16-25(31)18-26(32)17-20/h5-9,14-18,22,24,27H,10-13,19H2,1-4H3. The topological polar surface area (TPSA) is 38.7 Å². The Morgan fingerprint density at radius 1 is 1.06 bits per heavy atom. The molecule has 2 aliphatic rings. The highest BCUT2D eigenvalue weighted by Crippen LogP contribution is 2.50. The summed E-state index contributed by atoms with van der Waals surface area (Å²) in [5, 5.41) is 1.27. The van der Waals surface area contributed by atoms with E-state index in [0.717, 1.165) is 24.3 Å². The van der Waals surface area contributed by atoms with Crippen LogP contribution < -0.4 is 0 Å². The second kappa shape index (κ2) is 10.5. The highest BCUT2D eigenvalue weighted by molar-refractivity contribution is 6.34. The lowest BCUT2D eigenvalue weighted by Crippen LogP contribution is -2.40. The lowest BCUT2D eigenvalue weighted by molar-refractivity contribution is 0.0600. The van der Waals surface area contributed by atoms with Gasteiger partial charge in [-0.05, 0) is 90.5 Å². The first-order valence-corrected chi connectivity index (χ1v) is 13.2. The van der Waals surface area contributed by atoms with E-state index in [0.29, 0.717) is 33.4 Å². The molecule has 5 heteroatoms. The van der Waals surface area contributed by atoms with E-state index in [1.165, 1.54) is 25.5 Å². The Morgan fingerprint density at radius 2 is 1.69 bits per heavy atom. The molecule has 0 radical (unpaired) electrons. The molecule has 3 nitrogen and oxygen atoms in total. The number of methoxy groups -OCH3 is 1. The van der Waals surface area contributed by atoms with Crippen molar-refractivity contribution in [2.75, 3.05) is 7.11 Å². The molecule has 2 unspecified atom stereocenters. The van der Waals surface area contributed by atoms with Crippen LogP contribution in [0, 0.1) is 17.3 Å². The Balaban J connectivity index is 1.73. The maximum atomic E-state index is 12.1. The van der Waals surface area contributed by atoms with Crippen LogP contribution in [0.15, 0.2) is 59.6 Å². The molecule has 186 valence electrons. The van der Waals surface area contributed by atoms with Crippen LogP contribution in [0.25, 0.3) is 0 Å². The number of carbonyl (C=O) groups is 1. The Hall–Kier alpha value is -2.10. The first-order valence-electron chi connectivity index (χ1n) is 12.5. The SMILES string of the molecule is COC(=O)c1ccc(C(C2CCC(C(C)(C)C)CC2)C2(Cc3cc(Cl)cc(Cl)c3)C=CC=N2)cc1. The number of halogens is 2. The average molecular weight is 513 g/mol. The van der Waals surface area contributed by atoms with E-state index in [2.05, 4.69) is 45.1 Å². The fourth-order valence-electron chi connectivity index (χ4n) is 6.10. The molecule has 0 aromatic heterocycles. The molecule has 1 aliphatic carbocycles. The van der Waals surface area contributed by atoms with Crippen molar-refractivity contribution in [3.05, 3.63) is 81.4 Å². The zero-order valence-corrected chi connectivity index (χ0v) is 22.6. The zero-order valence-electron chi connectivity index (χ0n) is 21.1. The summed E-state index contributed by atoms with van der Waals surface area (Å²) in [4.78, 5) is 17.2. The van der Waals surface area contributed by atoms with E-state index in [1.807, 2.05) is 30.5 Å². The summed E-state index contributed by atoms with van der Waals surface area (Å²) in [6.45, 7) is 7.07. The van der Waals surface area contributed by atoms with Crippen LogP contribution in [0.5, 0.6) is 0 Å². The van der Waals surface area contributed by atoms with Gasteiger partial charge >= 0.3 is 5.97 Å². The van der Waals surface area contributed by atoms with E-state index in [-0.39, 0.29) is 11.9 Å². The summed E-state index contributed by atoms with van der Waals surface area (Å²) < 4.78 is 4.92. The van der Waals surface area contributed by atoms with Crippen LogP contribution in [0.1, 0.15) is 73.9 Å². The fraction of sp³-hybridized carbons (Fsp3) is 0.467. The minimum absolute atomic E-state index is 0.169. The Morgan fingerprint density at radius 3 is 2.20 bits per heavy atom. The number of hydrogen-bond acceptors (Lipinski definition) is 3. The smallest absolute Gasteiger partial charge is 0.337 e. The number of ether oxygens (including phenoxy) is 1. The number of hydrogen-bond donors (Lipinski definition) is 0. The molecule has 0 spiro atoms. The molecule has 35 heavy (non-hydrogen) atoms. The highest BCUT2D eigenvalue weighted by Gasteiger charge is 2.45. The lowest BCUT2D eigenvalue weighted by Gasteiger charge is -2.44. The molecule has 2 aromatic rings. The number of aliphatic imine (C=N–C) groups is 1. The average Bonchev–Trinajstić information content (AvgIpc) is 3.27. The summed E-state index contributed by atoms with van der Waals surface area (Å²) in [7, 11) is 1.41. The van der Waals surface area contributed by atoms with Gasteiger partial charge in [0.15, 0.2) is 0 Å². The number of allylic oxidation sites excluding steroid dienone is 1. The Bertz CT molecular complexity index is 1070. The summed E-state index contributed by atoms with van der Waals surface area (Å²) in [6.07, 6.45) is 11.7. The molecule has 0 bridgehead atoms. The molecule has 1 fully saturated rings. The molecule has 2 atom stereocenters. The van der Waals surface area contributed by atoms with Gasteiger partial charge in [0.2, 0.25) is 0 Å². The molecular formula is C30H35Cl2NO2. The van der Waals surface area contributed by atoms with E-state index < -0.39 is 5.54 Å². The normalized spacial score (nSPS) is 25.0. The van der Waals surface area contributed by atoms with Crippen molar-refractivity contribution in [2.45, 2.75) is 64.3 Å². The van der Waals surface area contributed by atoms with Gasteiger partial charge in [-0.2, -0.15) is 0 Å². The second-order valence-corrected chi connectivity index (χ2v) is 12.0. The summed E-state index contributed by atoms with van der Waals surface area (Å²) in [5.41, 5.74) is 2.73. The van der Waals surface area contributed by atoms with Gasteiger partial charge in [0.05, 0.1) is 18.2 Å². The third-order valence-corrected chi connectivity index (χ3v) is 8.33. The summed E-state index contributed by atoms with van der Waals surface area (Å²) in [6, 6.07) is 13.7. The van der Waals surface area contributed by atoms with Gasteiger partial charge in [-0.1, -0.05) is 62.2 Å². The first kappa shape index (κ1) is 26.0. The number of rotatable bonds is 6. The minimum Gasteiger partial charge on any atom is -0.465 e. The third kappa shape index (κ3) is 5.84. The number of nitrogens with zero attached hydrogens (tertiary/aromatic N) is 1. The summed E-state index contributed by atoms with van der Waals surface area (Å²) >= 11 is 12.7. The van der Waals surface area contributed by atoms with Crippen LogP contribution in [0.3, 0.4) is 0 Å². The molecule has 1 aliphatic heterocycles. The van der Waals surface area contributed by atoms with Gasteiger partial charge in [0.1, 0.15) is 0 Å². The van der Waals surface area contributed by atoms with Crippen molar-refractivity contribution >= 4 is 35.4 Å². The van der Waals surface area contributed by atoms with Crippen LogP contribution in [-0.4, -0.2) is 24.8 Å². The van der Waals surface area contributed by atoms with Gasteiger partial charge in [-0.15, -0.1) is 0 Å². The van der Waals surface area contributed by atoms with Crippen LogP contribution in [0.2, 0.25) is 10.0 Å². The monoisotopic (exact) mass is 511 g/mol. The highest BCUT2D eigenvalue weighted by atomic mass is 35.5. The minimum atomic E-state index is -0.431. The fourth-order valence-corrected chi connectivity index (χ4v) is 6.68. The number of carbonyl (C=O) groups excluding carboxylic acids is 1. The maximum absolute atomic E-state index is 12.1. The lowest BCUT2D eigenvalue weighted by atomic mass is 9.62. The molecule has 0 N–H and O–H groups in total. The first-order chi connectivity index (χ1) is 16.6. The van der Waals surface area contributed by atoms with E-state index in [9.17, 15) is 4.79 Å². The van der Waals surface area contributed by atoms with E-state index >= 15 is 0 Å². The molecule has 4 rings (SSSR count). The van der Waals surface area contributed by atoms with Crippen molar-refractivity contribution < 1.29 is 9.53 Å². The van der Waals surface area contributed by atoms with Crippen LogP contribution in [0.4, 0.5) is 0 Å². The second-order valence-electron chi connectivity index (χ2n) is 11.2. The molecular weight excluding hydrogens is 477 g/mol. The van der Waals surface area contributed by atoms with Gasteiger partial charge in [0.25, 0.3) is 0 Å². The van der Waals surface area contributed by atoms with Crippen LogP contribution in [-0.2, 0) is 11.2 Å². The molecule has 0 amide bonds. The Labute approximate surface area is 219 Å². The predicted octanol–water partition coefficient (Wildman–Crippen LogP) is 8.34. The predicted molar refractivity (Wildman–Crippen MR) is 146 cm³/mol. The molecule has 1 saturated carbocycles. The number of benzene rings is 2. The van der Waals surface area contributed by atoms with Crippen molar-refractivity contribution in [1.82, 2.24) is 0 Å². The van der Waals surface area contributed by atoms with Crippen molar-refractivity contribution in [1.29, 1.82) is 0 Å². The van der Waals surface area contributed by atoms with E-state index in [4.69, 9.17) is 32.9 Å².